The van der Waals surface area contributed by atoms with Crippen LogP contribution in [-0.4, -0.2) is 64.2 Å². The van der Waals surface area contributed by atoms with Crippen LogP contribution in [0.2, 0.25) is 0 Å². The van der Waals surface area contributed by atoms with Gasteiger partial charge in [-0.15, -0.1) is 0 Å². The van der Waals surface area contributed by atoms with Crippen LogP contribution in [0.5, 0.6) is 0 Å². The second-order valence-corrected chi connectivity index (χ2v) is 6.82. The maximum Gasteiger partial charge on any atom is 0.223 e. The van der Waals surface area contributed by atoms with Crippen molar-refractivity contribution in [2.75, 3.05) is 31.5 Å². The van der Waals surface area contributed by atoms with E-state index in [1.807, 2.05) is 0 Å². The third-order valence-electron chi connectivity index (χ3n) is 4.99. The van der Waals surface area contributed by atoms with Crippen molar-refractivity contribution in [2.45, 2.75) is 44.2 Å². The summed E-state index contributed by atoms with van der Waals surface area (Å²) in [5.41, 5.74) is 0. The van der Waals surface area contributed by atoms with Crippen molar-refractivity contribution in [3.8, 4) is 0 Å². The Morgan fingerprint density at radius 3 is 2.75 bits per heavy atom. The van der Waals surface area contributed by atoms with Crippen LogP contribution in [0.15, 0.2) is 18.6 Å². The molecule has 0 unspecified atom stereocenters. The molecular weight excluding hydrogens is 306 g/mol. The average Bonchev–Trinajstić information content (AvgIpc) is 3.02. The summed E-state index contributed by atoms with van der Waals surface area (Å²) in [5.74, 6) is 1.10. The number of hydrogen-bond donors (Lipinski definition) is 3. The number of nitrogens with zero attached hydrogens (tertiary/aromatic N) is 3. The monoisotopic (exact) mass is 333 g/mol. The van der Waals surface area contributed by atoms with E-state index in [0.29, 0.717) is 12.6 Å². The number of aliphatic hydroxyl groups excluding tert-OH is 1. The summed E-state index contributed by atoms with van der Waals surface area (Å²) in [6.07, 6.45) is 9.50. The minimum Gasteiger partial charge on any atom is -0.392 e. The van der Waals surface area contributed by atoms with Crippen molar-refractivity contribution in [3.63, 3.8) is 0 Å². The molecule has 2 fully saturated rings. The molecule has 1 saturated carbocycles. The average molecular weight is 333 g/mol. The largest absolute Gasteiger partial charge is 0.392 e. The second kappa shape index (κ2) is 8.39. The summed E-state index contributed by atoms with van der Waals surface area (Å²) >= 11 is 0. The number of hydrogen-bond acceptors (Lipinski definition) is 6. The molecule has 0 bridgehead atoms. The molecule has 0 radical (unpaired) electrons. The molecule has 1 atom stereocenters. The normalized spacial score (nSPS) is 27.8. The SMILES string of the molecule is O=C(NCCN1CC[C@H](O)C1)C1CCC(Nc2cnccn2)CC1. The van der Waals surface area contributed by atoms with Gasteiger partial charge in [-0.25, -0.2) is 4.98 Å². The summed E-state index contributed by atoms with van der Waals surface area (Å²) in [6, 6.07) is 0.372. The highest BCUT2D eigenvalue weighted by Crippen LogP contribution is 2.26. The van der Waals surface area contributed by atoms with Crippen molar-refractivity contribution < 1.29 is 9.90 Å². The molecule has 3 rings (SSSR count). The predicted molar refractivity (Wildman–Crippen MR) is 91.5 cm³/mol. The van der Waals surface area contributed by atoms with E-state index in [-0.39, 0.29) is 17.9 Å². The lowest BCUT2D eigenvalue weighted by atomic mass is 9.85. The number of aromatic nitrogens is 2. The summed E-state index contributed by atoms with van der Waals surface area (Å²) < 4.78 is 0. The summed E-state index contributed by atoms with van der Waals surface area (Å²) in [7, 11) is 0. The number of carbonyl (C=O) groups excluding carboxylic acids is 1. The minimum absolute atomic E-state index is 0.120. The molecule has 7 heteroatoms. The Labute approximate surface area is 142 Å². The van der Waals surface area contributed by atoms with Crippen molar-refractivity contribution in [3.05, 3.63) is 18.6 Å². The van der Waals surface area contributed by atoms with E-state index in [2.05, 4.69) is 25.5 Å². The van der Waals surface area contributed by atoms with Gasteiger partial charge in [-0.2, -0.15) is 0 Å². The zero-order valence-corrected chi connectivity index (χ0v) is 14.0. The van der Waals surface area contributed by atoms with Gasteiger partial charge in [0.15, 0.2) is 0 Å². The van der Waals surface area contributed by atoms with Gasteiger partial charge in [-0.1, -0.05) is 0 Å². The van der Waals surface area contributed by atoms with E-state index in [1.54, 1.807) is 18.6 Å². The molecule has 7 nitrogen and oxygen atoms in total. The number of aliphatic hydroxyl groups is 1. The van der Waals surface area contributed by atoms with E-state index < -0.39 is 0 Å². The van der Waals surface area contributed by atoms with Crippen molar-refractivity contribution >= 4 is 11.7 Å². The van der Waals surface area contributed by atoms with Gasteiger partial charge >= 0.3 is 0 Å². The fraction of sp³-hybridized carbons (Fsp3) is 0.706. The zero-order valence-electron chi connectivity index (χ0n) is 14.0. The number of carbonyl (C=O) groups is 1. The number of rotatable bonds is 6. The number of β-amino-alcohol motifs (C(OH)–C–C–N with tert-alkyl or cyclic N) is 1. The number of nitrogens with one attached hydrogen (secondary N) is 2. The summed E-state index contributed by atoms with van der Waals surface area (Å²) in [4.78, 5) is 22.8. The highest BCUT2D eigenvalue weighted by atomic mass is 16.3. The molecule has 3 N–H and O–H groups in total. The van der Waals surface area contributed by atoms with E-state index in [4.69, 9.17) is 0 Å². The Kier molecular flexibility index (Phi) is 5.98. The van der Waals surface area contributed by atoms with Gasteiger partial charge < -0.3 is 15.7 Å². The van der Waals surface area contributed by atoms with Crippen LogP contribution in [0.4, 0.5) is 5.82 Å². The van der Waals surface area contributed by atoms with E-state index in [0.717, 1.165) is 57.6 Å². The van der Waals surface area contributed by atoms with Crippen molar-refractivity contribution in [1.82, 2.24) is 20.2 Å². The topological polar surface area (TPSA) is 90.4 Å². The van der Waals surface area contributed by atoms with Crippen LogP contribution in [0.3, 0.4) is 0 Å². The van der Waals surface area contributed by atoms with Crippen LogP contribution < -0.4 is 10.6 Å². The highest BCUT2D eigenvalue weighted by Gasteiger charge is 2.26. The molecule has 1 aliphatic carbocycles. The highest BCUT2D eigenvalue weighted by molar-refractivity contribution is 5.78. The van der Waals surface area contributed by atoms with E-state index >= 15 is 0 Å². The second-order valence-electron chi connectivity index (χ2n) is 6.82. The van der Waals surface area contributed by atoms with Gasteiger partial charge in [-0.3, -0.25) is 14.7 Å². The predicted octanol–water partition coefficient (Wildman–Crippen LogP) is 0.630. The Morgan fingerprint density at radius 2 is 2.08 bits per heavy atom. The van der Waals surface area contributed by atoms with Gasteiger partial charge in [0.2, 0.25) is 5.91 Å². The first-order chi connectivity index (χ1) is 11.7. The summed E-state index contributed by atoms with van der Waals surface area (Å²) in [5, 5.41) is 15.9. The van der Waals surface area contributed by atoms with Gasteiger partial charge in [0.1, 0.15) is 5.82 Å². The molecule has 132 valence electrons. The lowest BCUT2D eigenvalue weighted by molar-refractivity contribution is -0.126. The van der Waals surface area contributed by atoms with Crippen LogP contribution in [-0.2, 0) is 4.79 Å². The van der Waals surface area contributed by atoms with Gasteiger partial charge in [0, 0.05) is 50.5 Å². The van der Waals surface area contributed by atoms with E-state index in [9.17, 15) is 9.90 Å². The molecule has 0 spiro atoms. The Morgan fingerprint density at radius 1 is 1.25 bits per heavy atom. The molecule has 2 heterocycles. The molecule has 1 amide bonds. The van der Waals surface area contributed by atoms with Crippen LogP contribution >= 0.6 is 0 Å². The van der Waals surface area contributed by atoms with Gasteiger partial charge in [-0.05, 0) is 32.1 Å². The molecule has 1 aromatic heterocycles. The smallest absolute Gasteiger partial charge is 0.223 e. The van der Waals surface area contributed by atoms with Gasteiger partial charge in [0.05, 0.1) is 12.3 Å². The van der Waals surface area contributed by atoms with E-state index in [1.165, 1.54) is 0 Å². The molecule has 0 aromatic carbocycles. The molecule has 2 aliphatic rings. The Balaban J connectivity index is 1.33. The minimum atomic E-state index is -0.196. The van der Waals surface area contributed by atoms with Gasteiger partial charge in [0.25, 0.3) is 0 Å². The van der Waals surface area contributed by atoms with Crippen LogP contribution in [0.25, 0.3) is 0 Å². The molecule has 1 aliphatic heterocycles. The third kappa shape index (κ3) is 4.88. The first-order valence-electron chi connectivity index (χ1n) is 8.91. The first-order valence-corrected chi connectivity index (χ1v) is 8.91. The maximum absolute atomic E-state index is 12.3. The Bertz CT molecular complexity index is 519. The number of anilines is 1. The maximum atomic E-state index is 12.3. The standard InChI is InChI=1S/C17H27N5O2/c23-15-5-9-22(12-15)10-8-20-17(24)13-1-3-14(4-2-13)21-16-11-18-6-7-19-16/h6-7,11,13-15,23H,1-5,8-10,12H2,(H,19,21)(H,20,24)/t13?,14?,15-/m0/s1. The molecular formula is C17H27N5O2. The van der Waals surface area contributed by atoms with Crippen molar-refractivity contribution in [1.29, 1.82) is 0 Å². The molecule has 1 saturated heterocycles. The first kappa shape index (κ1) is 17.1. The number of likely N-dealkylation sites (tertiary alicyclic amines) is 1. The lowest BCUT2D eigenvalue weighted by Crippen LogP contribution is -2.39. The van der Waals surface area contributed by atoms with Crippen molar-refractivity contribution in [2.24, 2.45) is 5.92 Å². The molecule has 1 aromatic rings. The third-order valence-corrected chi connectivity index (χ3v) is 4.99. The summed E-state index contributed by atoms with van der Waals surface area (Å²) in [6.45, 7) is 3.15. The Hall–Kier alpha value is -1.73. The fourth-order valence-corrected chi connectivity index (χ4v) is 3.58. The van der Waals surface area contributed by atoms with Crippen LogP contribution in [0, 0.1) is 5.92 Å². The lowest BCUT2D eigenvalue weighted by Gasteiger charge is -2.28. The molecule has 24 heavy (non-hydrogen) atoms. The van der Waals surface area contributed by atoms with Crippen LogP contribution in [0.1, 0.15) is 32.1 Å². The quantitative estimate of drug-likeness (QED) is 0.707. The zero-order chi connectivity index (χ0) is 16.8. The number of amides is 1. The fourth-order valence-electron chi connectivity index (χ4n) is 3.58.